The van der Waals surface area contributed by atoms with E-state index in [0.29, 0.717) is 18.8 Å². The van der Waals surface area contributed by atoms with Gasteiger partial charge in [-0.25, -0.2) is 12.7 Å². The fourth-order valence-corrected chi connectivity index (χ4v) is 7.08. The minimum atomic E-state index is -3.12. The molecule has 0 spiro atoms. The summed E-state index contributed by atoms with van der Waals surface area (Å²) in [4.78, 5) is 0. The highest BCUT2D eigenvalue weighted by atomic mass is 32.2. The zero-order valence-electron chi connectivity index (χ0n) is 16.2. The predicted octanol–water partition coefficient (Wildman–Crippen LogP) is 2.99. The molecule has 0 heterocycles. The molecule has 0 bridgehead atoms. The minimum absolute atomic E-state index is 0.314. The number of hydrogen-bond acceptors (Lipinski definition) is 4. The molecular weight excluding hydrogens is 338 g/mol. The molecular formula is C17H41N3O2SSi. The maximum Gasteiger partial charge on any atom is 0.213 e. The van der Waals surface area contributed by atoms with Gasteiger partial charge in [0, 0.05) is 21.2 Å². The van der Waals surface area contributed by atoms with E-state index in [-0.39, 0.29) is 0 Å². The molecule has 5 nitrogen and oxygen atoms in total. The first-order valence-electron chi connectivity index (χ1n) is 9.61. The Morgan fingerprint density at radius 1 is 0.750 bits per heavy atom. The van der Waals surface area contributed by atoms with E-state index >= 15 is 0 Å². The van der Waals surface area contributed by atoms with Gasteiger partial charge in [-0.15, -0.1) is 0 Å². The van der Waals surface area contributed by atoms with Crippen molar-refractivity contribution in [3.63, 3.8) is 0 Å². The van der Waals surface area contributed by atoms with E-state index in [2.05, 4.69) is 19.6 Å². The molecule has 0 aliphatic rings. The highest BCUT2D eigenvalue weighted by molar-refractivity contribution is 7.89. The van der Waals surface area contributed by atoms with Crippen LogP contribution in [0.1, 0.15) is 51.4 Å². The number of sulfonamides is 1. The molecule has 0 amide bonds. The van der Waals surface area contributed by atoms with Crippen LogP contribution < -0.4 is 11.5 Å². The smallest absolute Gasteiger partial charge is 0.213 e. The first-order chi connectivity index (χ1) is 11.2. The first kappa shape index (κ1) is 24.0. The molecule has 0 unspecified atom stereocenters. The van der Waals surface area contributed by atoms with Crippen molar-refractivity contribution in [3.8, 4) is 0 Å². The van der Waals surface area contributed by atoms with Gasteiger partial charge in [0.25, 0.3) is 0 Å². The zero-order chi connectivity index (χ0) is 18.5. The standard InChI is InChI=1S/C17H41N3O2SSi/c1-24(2,3)17-16-23(21,22)20(14-10-6-4-8-12-18)15-11-7-5-9-13-19/h4-19H2,1-3H3. The van der Waals surface area contributed by atoms with Crippen LogP contribution in [-0.4, -0.2) is 52.7 Å². The van der Waals surface area contributed by atoms with Crippen LogP contribution in [0.4, 0.5) is 0 Å². The Balaban J connectivity index is 4.46. The lowest BCUT2D eigenvalue weighted by atomic mass is 10.2. The van der Waals surface area contributed by atoms with Crippen molar-refractivity contribution in [1.82, 2.24) is 4.31 Å². The first-order valence-corrected chi connectivity index (χ1v) is 14.9. The summed E-state index contributed by atoms with van der Waals surface area (Å²) >= 11 is 0. The van der Waals surface area contributed by atoms with Crippen molar-refractivity contribution >= 4 is 18.1 Å². The van der Waals surface area contributed by atoms with Gasteiger partial charge in [-0.3, -0.25) is 0 Å². The number of hydrogen-bond donors (Lipinski definition) is 2. The Hall–Kier alpha value is 0.0469. The molecule has 4 N–H and O–H groups in total. The molecule has 0 aliphatic heterocycles. The van der Waals surface area contributed by atoms with Crippen LogP contribution in [0.5, 0.6) is 0 Å². The van der Waals surface area contributed by atoms with Crippen molar-refractivity contribution in [2.75, 3.05) is 31.9 Å². The highest BCUT2D eigenvalue weighted by Gasteiger charge is 2.24. The minimum Gasteiger partial charge on any atom is -0.330 e. The molecule has 0 fully saturated rings. The van der Waals surface area contributed by atoms with Crippen molar-refractivity contribution in [3.05, 3.63) is 0 Å². The van der Waals surface area contributed by atoms with Crippen LogP contribution in [0.25, 0.3) is 0 Å². The SMILES string of the molecule is C[Si](C)(C)CCS(=O)(=O)N(CCCCCCN)CCCCCCN. The van der Waals surface area contributed by atoms with Crippen molar-refractivity contribution in [2.24, 2.45) is 11.5 Å². The second-order valence-corrected chi connectivity index (χ2v) is 15.6. The van der Waals surface area contributed by atoms with E-state index in [1.54, 1.807) is 4.31 Å². The Labute approximate surface area is 151 Å². The van der Waals surface area contributed by atoms with Gasteiger partial charge in [0.1, 0.15) is 0 Å². The molecule has 7 heteroatoms. The Morgan fingerprint density at radius 2 is 1.17 bits per heavy atom. The maximum atomic E-state index is 12.7. The quantitative estimate of drug-likeness (QED) is 0.319. The molecule has 24 heavy (non-hydrogen) atoms. The second kappa shape index (κ2) is 13.3. The van der Waals surface area contributed by atoms with Gasteiger partial charge in [0.2, 0.25) is 10.0 Å². The molecule has 0 atom stereocenters. The number of unbranched alkanes of at least 4 members (excludes halogenated alkanes) is 6. The van der Waals surface area contributed by atoms with Gasteiger partial charge in [-0.2, -0.15) is 0 Å². The van der Waals surface area contributed by atoms with Gasteiger partial charge >= 0.3 is 0 Å². The van der Waals surface area contributed by atoms with Crippen LogP contribution in [-0.2, 0) is 10.0 Å². The largest absolute Gasteiger partial charge is 0.330 e. The average Bonchev–Trinajstić information content (AvgIpc) is 2.50. The Bertz CT molecular complexity index is 383. The van der Waals surface area contributed by atoms with Gasteiger partial charge < -0.3 is 11.5 Å². The van der Waals surface area contributed by atoms with E-state index in [0.717, 1.165) is 70.5 Å². The van der Waals surface area contributed by atoms with Gasteiger partial charge in [0.05, 0.1) is 5.75 Å². The van der Waals surface area contributed by atoms with Crippen LogP contribution in [0.2, 0.25) is 25.7 Å². The third-order valence-corrected chi connectivity index (χ3v) is 8.21. The molecule has 146 valence electrons. The fourth-order valence-electron chi connectivity index (χ4n) is 2.53. The Kier molecular flexibility index (Phi) is 13.3. The van der Waals surface area contributed by atoms with Crippen LogP contribution in [0.3, 0.4) is 0 Å². The van der Waals surface area contributed by atoms with E-state index in [9.17, 15) is 8.42 Å². The lowest BCUT2D eigenvalue weighted by Crippen LogP contribution is -2.37. The highest BCUT2D eigenvalue weighted by Crippen LogP contribution is 2.15. The summed E-state index contributed by atoms with van der Waals surface area (Å²) in [5, 5.41) is 0. The lowest BCUT2D eigenvalue weighted by molar-refractivity contribution is 0.385. The number of nitrogens with zero attached hydrogens (tertiary/aromatic N) is 1. The average molecular weight is 380 g/mol. The van der Waals surface area contributed by atoms with Gasteiger partial charge in [-0.05, 0) is 44.8 Å². The second-order valence-electron chi connectivity index (χ2n) is 7.93. The summed E-state index contributed by atoms with van der Waals surface area (Å²) in [6, 6.07) is 0.839. The van der Waals surface area contributed by atoms with Crippen LogP contribution in [0.15, 0.2) is 0 Å². The van der Waals surface area contributed by atoms with Crippen molar-refractivity contribution in [2.45, 2.75) is 77.1 Å². The van der Waals surface area contributed by atoms with E-state index in [1.165, 1.54) is 0 Å². The summed E-state index contributed by atoms with van der Waals surface area (Å²) in [6.45, 7) is 9.45. The molecule has 0 radical (unpaired) electrons. The zero-order valence-corrected chi connectivity index (χ0v) is 18.0. The van der Waals surface area contributed by atoms with Crippen LogP contribution in [0, 0.1) is 0 Å². The molecule has 0 aromatic heterocycles. The summed E-state index contributed by atoms with van der Waals surface area (Å²) < 4.78 is 27.2. The predicted molar refractivity (Wildman–Crippen MR) is 109 cm³/mol. The van der Waals surface area contributed by atoms with E-state index in [1.807, 2.05) is 0 Å². The summed E-state index contributed by atoms with van der Waals surface area (Å²) in [7, 11) is -4.47. The monoisotopic (exact) mass is 379 g/mol. The van der Waals surface area contributed by atoms with E-state index < -0.39 is 18.1 Å². The molecule has 0 saturated carbocycles. The number of rotatable bonds is 16. The van der Waals surface area contributed by atoms with E-state index in [4.69, 9.17) is 11.5 Å². The molecule has 0 aromatic carbocycles. The lowest BCUT2D eigenvalue weighted by Gasteiger charge is -2.24. The molecule has 0 aromatic rings. The summed E-state index contributed by atoms with van der Waals surface area (Å²) in [5.74, 6) is 0.314. The number of nitrogens with two attached hydrogens (primary N) is 2. The Morgan fingerprint density at radius 3 is 1.54 bits per heavy atom. The molecule has 0 aliphatic carbocycles. The molecule has 0 rings (SSSR count). The third-order valence-electron chi connectivity index (χ3n) is 4.23. The van der Waals surface area contributed by atoms with Crippen molar-refractivity contribution in [1.29, 1.82) is 0 Å². The fraction of sp³-hybridized carbons (Fsp3) is 1.00. The van der Waals surface area contributed by atoms with Crippen molar-refractivity contribution < 1.29 is 8.42 Å². The summed E-state index contributed by atoms with van der Waals surface area (Å²) in [6.07, 6.45) is 8.24. The topological polar surface area (TPSA) is 89.4 Å². The third kappa shape index (κ3) is 13.4. The normalized spacial score (nSPS) is 12.9. The van der Waals surface area contributed by atoms with Gasteiger partial charge in [-0.1, -0.05) is 45.3 Å². The summed E-state index contributed by atoms with van der Waals surface area (Å²) in [5.41, 5.74) is 11.0. The van der Waals surface area contributed by atoms with Crippen LogP contribution >= 0.6 is 0 Å². The maximum absolute atomic E-state index is 12.7. The molecule has 0 saturated heterocycles. The van der Waals surface area contributed by atoms with Gasteiger partial charge in [0.15, 0.2) is 0 Å².